The molecule has 0 fully saturated rings. The second kappa shape index (κ2) is 11.9. The van der Waals surface area contributed by atoms with Gasteiger partial charge in [-0.1, -0.05) is 181 Å². The molecule has 216 valence electrons. The first-order chi connectivity index (χ1) is 20.0. The number of halogens is 1. The van der Waals surface area contributed by atoms with Crippen LogP contribution in [0.1, 0.15) is 11.3 Å². The summed E-state index contributed by atoms with van der Waals surface area (Å²) in [5.74, 6) is 0. The summed E-state index contributed by atoms with van der Waals surface area (Å²) >= 11 is 6.53. The molecule has 0 saturated carbocycles. The van der Waals surface area contributed by atoms with Crippen LogP contribution >= 0.6 is 11.6 Å². The molecule has 1 aromatic heterocycles. The van der Waals surface area contributed by atoms with E-state index in [9.17, 15) is 0 Å². The molecule has 4 aromatic carbocycles. The fourth-order valence-corrected chi connectivity index (χ4v) is 35.8. The molecule has 0 spiro atoms. The van der Waals surface area contributed by atoms with Gasteiger partial charge in [-0.25, -0.2) is 4.68 Å². The topological polar surface area (TPSA) is 30.7 Å². The summed E-state index contributed by atoms with van der Waals surface area (Å²) in [5, 5.41) is 14.8. The van der Waals surface area contributed by atoms with E-state index < -0.39 is 24.2 Å². The summed E-state index contributed by atoms with van der Waals surface area (Å²) in [4.78, 5) is 0. The average molecular weight is 624 g/mol. The summed E-state index contributed by atoms with van der Waals surface area (Å²) in [7, 11) is -6.68. The predicted octanol–water partition coefficient (Wildman–Crippen LogP) is 7.19. The van der Waals surface area contributed by atoms with Crippen molar-refractivity contribution >= 4 is 51.4 Å². The van der Waals surface area contributed by atoms with E-state index in [0.717, 1.165) is 22.7 Å². The highest BCUT2D eigenvalue weighted by molar-refractivity contribution is 7.25. The minimum absolute atomic E-state index is 0.0440. The Bertz CT molecular complexity index is 1490. The van der Waals surface area contributed by atoms with Gasteiger partial charge in [-0.05, 0) is 22.3 Å². The van der Waals surface area contributed by atoms with Crippen molar-refractivity contribution in [2.45, 2.75) is 56.5 Å². The first-order valence-corrected chi connectivity index (χ1v) is 24.2. The van der Waals surface area contributed by atoms with Crippen molar-refractivity contribution in [3.63, 3.8) is 0 Å². The van der Waals surface area contributed by atoms with E-state index >= 15 is 0 Å². The number of hydrogen-bond donors (Lipinski definition) is 0. The maximum atomic E-state index is 6.53. The third kappa shape index (κ3) is 5.30. The molecule has 0 saturated heterocycles. The van der Waals surface area contributed by atoms with E-state index in [1.165, 1.54) is 15.6 Å². The standard InChI is InChI=1S/C35H42ClN3Si3/c1-40(2,31-19-10-7-11-20-31)35(41(3,4)32-21-12-8-13-22-32,42(5,6)33-23-14-9-15-24-33)26-30-28-39(38-37-30)27-29-18-16-17-25-34(29)36/h7-25,28H,26-27H2,1-6H3. The van der Waals surface area contributed by atoms with Gasteiger partial charge in [-0.3, -0.25) is 0 Å². The van der Waals surface area contributed by atoms with Crippen molar-refractivity contribution < 1.29 is 0 Å². The van der Waals surface area contributed by atoms with Crippen molar-refractivity contribution in [2.75, 3.05) is 0 Å². The Morgan fingerprint density at radius 1 is 0.595 bits per heavy atom. The summed E-state index contributed by atoms with van der Waals surface area (Å²) in [6.07, 6.45) is 3.09. The Kier molecular flexibility index (Phi) is 8.63. The molecule has 0 amide bonds. The van der Waals surface area contributed by atoms with Crippen LogP contribution in [0, 0.1) is 0 Å². The van der Waals surface area contributed by atoms with Gasteiger partial charge in [0.2, 0.25) is 0 Å². The van der Waals surface area contributed by atoms with Crippen molar-refractivity contribution in [3.8, 4) is 0 Å². The smallest absolute Gasteiger partial charge is 0.0826 e. The molecule has 0 bridgehead atoms. The van der Waals surface area contributed by atoms with Crippen LogP contribution in [-0.2, 0) is 13.0 Å². The SMILES string of the molecule is C[Si](C)(c1ccccc1)C(Cc1cn(Cc2ccccc2Cl)nn1)([Si](C)(C)c1ccccc1)[Si](C)(C)c1ccccc1. The molecular weight excluding hydrogens is 582 g/mol. The summed E-state index contributed by atoms with van der Waals surface area (Å²) in [6.45, 7) is 16.4. The van der Waals surface area contributed by atoms with Gasteiger partial charge in [-0.2, -0.15) is 0 Å². The Balaban J connectivity index is 1.75. The second-order valence-corrected chi connectivity index (χ2v) is 29.0. The lowest BCUT2D eigenvalue weighted by Crippen LogP contribution is -2.79. The van der Waals surface area contributed by atoms with Gasteiger partial charge < -0.3 is 0 Å². The zero-order valence-corrected chi connectivity index (χ0v) is 29.4. The first kappa shape index (κ1) is 30.4. The van der Waals surface area contributed by atoms with E-state index in [-0.39, 0.29) is 4.28 Å². The molecule has 1 heterocycles. The van der Waals surface area contributed by atoms with Crippen molar-refractivity contribution in [1.82, 2.24) is 15.0 Å². The molecule has 5 rings (SSSR count). The number of hydrogen-bond acceptors (Lipinski definition) is 2. The lowest BCUT2D eigenvalue weighted by molar-refractivity contribution is 0.649. The number of rotatable bonds is 10. The van der Waals surface area contributed by atoms with Crippen LogP contribution in [0.3, 0.4) is 0 Å². The molecule has 0 aliphatic heterocycles. The first-order valence-electron chi connectivity index (χ1n) is 14.8. The van der Waals surface area contributed by atoms with E-state index in [1.54, 1.807) is 0 Å². The van der Waals surface area contributed by atoms with Crippen LogP contribution in [0.2, 0.25) is 48.6 Å². The van der Waals surface area contributed by atoms with Crippen molar-refractivity contribution in [2.24, 2.45) is 0 Å². The lowest BCUT2D eigenvalue weighted by Gasteiger charge is -2.62. The van der Waals surface area contributed by atoms with Crippen LogP contribution < -0.4 is 15.6 Å². The van der Waals surface area contributed by atoms with Crippen LogP contribution in [0.4, 0.5) is 0 Å². The highest BCUT2D eigenvalue weighted by Gasteiger charge is 2.66. The Labute approximate surface area is 259 Å². The molecule has 0 atom stereocenters. The van der Waals surface area contributed by atoms with Gasteiger partial charge in [0, 0.05) is 11.2 Å². The highest BCUT2D eigenvalue weighted by Crippen LogP contribution is 2.55. The highest BCUT2D eigenvalue weighted by atomic mass is 35.5. The molecule has 42 heavy (non-hydrogen) atoms. The van der Waals surface area contributed by atoms with E-state index in [2.05, 4.69) is 148 Å². The number of benzene rings is 4. The zero-order chi connectivity index (χ0) is 30.0. The largest absolute Gasteiger partial charge is 0.248 e. The fourth-order valence-electron chi connectivity index (χ4n) is 7.88. The van der Waals surface area contributed by atoms with Crippen molar-refractivity contribution in [1.29, 1.82) is 0 Å². The third-order valence-electron chi connectivity index (χ3n) is 10.0. The fraction of sp³-hybridized carbons (Fsp3) is 0.257. The summed E-state index contributed by atoms with van der Waals surface area (Å²) in [6, 6.07) is 42.1. The maximum Gasteiger partial charge on any atom is 0.0826 e. The monoisotopic (exact) mass is 623 g/mol. The number of nitrogens with zero attached hydrogens (tertiary/aromatic N) is 3. The van der Waals surface area contributed by atoms with Crippen molar-refractivity contribution in [3.05, 3.63) is 138 Å². The minimum atomic E-state index is -2.23. The maximum absolute atomic E-state index is 6.53. The molecule has 0 N–H and O–H groups in total. The average Bonchev–Trinajstić information content (AvgIpc) is 3.45. The molecular formula is C35H42ClN3Si3. The predicted molar refractivity (Wildman–Crippen MR) is 188 cm³/mol. The molecule has 0 radical (unpaired) electrons. The Morgan fingerprint density at radius 2 is 1.00 bits per heavy atom. The second-order valence-electron chi connectivity index (χ2n) is 13.1. The Morgan fingerprint density at radius 3 is 1.43 bits per heavy atom. The van der Waals surface area contributed by atoms with E-state index in [1.807, 2.05) is 22.9 Å². The third-order valence-corrected chi connectivity index (χ3v) is 33.9. The molecule has 0 aliphatic carbocycles. The number of aromatic nitrogens is 3. The molecule has 0 aliphatic rings. The van der Waals surface area contributed by atoms with Gasteiger partial charge >= 0.3 is 0 Å². The van der Waals surface area contributed by atoms with E-state index in [0.29, 0.717) is 6.54 Å². The van der Waals surface area contributed by atoms with Crippen LogP contribution in [0.25, 0.3) is 0 Å². The van der Waals surface area contributed by atoms with E-state index in [4.69, 9.17) is 16.7 Å². The van der Waals surface area contributed by atoms with Crippen LogP contribution in [0.5, 0.6) is 0 Å². The molecule has 3 nitrogen and oxygen atoms in total. The van der Waals surface area contributed by atoms with Crippen LogP contribution in [0.15, 0.2) is 121 Å². The minimum Gasteiger partial charge on any atom is -0.248 e. The Hall–Kier alpha value is -3.04. The molecule has 0 unspecified atom stereocenters. The van der Waals surface area contributed by atoms with Gasteiger partial charge in [-0.15, -0.1) is 5.10 Å². The normalized spacial score (nSPS) is 12.8. The zero-order valence-electron chi connectivity index (χ0n) is 25.7. The van der Waals surface area contributed by atoms with Gasteiger partial charge in [0.25, 0.3) is 0 Å². The van der Waals surface area contributed by atoms with Crippen LogP contribution in [-0.4, -0.2) is 39.2 Å². The van der Waals surface area contributed by atoms with Gasteiger partial charge in [0.1, 0.15) is 0 Å². The van der Waals surface area contributed by atoms with Gasteiger partial charge in [0.05, 0.1) is 36.5 Å². The van der Waals surface area contributed by atoms with Gasteiger partial charge in [0.15, 0.2) is 0 Å². The summed E-state index contributed by atoms with van der Waals surface area (Å²) in [5.41, 5.74) is 2.13. The molecule has 5 aromatic rings. The quantitative estimate of drug-likeness (QED) is 0.154. The lowest BCUT2D eigenvalue weighted by atomic mass is 10.2. The summed E-state index contributed by atoms with van der Waals surface area (Å²) < 4.78 is 2.01. The molecule has 7 heteroatoms.